The van der Waals surface area contributed by atoms with Crippen LogP contribution in [0.25, 0.3) is 0 Å². The van der Waals surface area contributed by atoms with E-state index in [0.717, 1.165) is 70.4 Å². The minimum absolute atomic E-state index is 0.407. The molecule has 1 aromatic rings. The second-order valence-electron chi connectivity index (χ2n) is 10.7. The summed E-state index contributed by atoms with van der Waals surface area (Å²) in [5.74, 6) is 2.29. The van der Waals surface area contributed by atoms with Gasteiger partial charge >= 0.3 is 0 Å². The molecule has 0 aromatic heterocycles. The molecule has 5 aliphatic rings. The van der Waals surface area contributed by atoms with Crippen molar-refractivity contribution in [3.8, 4) is 0 Å². The summed E-state index contributed by atoms with van der Waals surface area (Å²) in [7, 11) is 0. The number of ketones is 1. The maximum absolute atomic E-state index is 12.7. The van der Waals surface area contributed by atoms with Crippen LogP contribution < -0.4 is 0 Å². The Hall–Kier alpha value is -1.19. The Morgan fingerprint density at radius 1 is 1.00 bits per heavy atom. The monoisotopic (exact) mass is 395 g/mol. The molecule has 158 valence electrons. The maximum atomic E-state index is 12.7. The maximum Gasteiger partial charge on any atom is 0.132 e. The van der Waals surface area contributed by atoms with E-state index in [1.54, 1.807) is 5.56 Å². The van der Waals surface area contributed by atoms with Crippen molar-refractivity contribution in [2.24, 2.45) is 17.3 Å². The van der Waals surface area contributed by atoms with Crippen LogP contribution in [0, 0.1) is 17.3 Å². The third-order valence-electron chi connectivity index (χ3n) is 8.54. The van der Waals surface area contributed by atoms with Gasteiger partial charge in [-0.15, -0.1) is 0 Å². The Morgan fingerprint density at radius 2 is 1.72 bits per heavy atom. The predicted molar refractivity (Wildman–Crippen MR) is 116 cm³/mol. The summed E-state index contributed by atoms with van der Waals surface area (Å²) in [6.45, 7) is 4.81. The zero-order chi connectivity index (χ0) is 19.7. The van der Waals surface area contributed by atoms with Crippen LogP contribution in [-0.2, 0) is 14.9 Å². The number of Topliss-reactive ketones (excluding diaryl/α,β-unsaturated/α-hetero) is 1. The lowest BCUT2D eigenvalue weighted by Gasteiger charge is -2.62. The van der Waals surface area contributed by atoms with Crippen molar-refractivity contribution in [1.82, 2.24) is 4.90 Å². The summed E-state index contributed by atoms with van der Waals surface area (Å²) in [6, 6.07) is 11.3. The van der Waals surface area contributed by atoms with E-state index in [4.69, 9.17) is 4.74 Å². The SMILES string of the molecule is O=C(CCCN1CCOCC1)CCC12CC3CC(C1)CC(c1ccccc1)(C3)C2. The van der Waals surface area contributed by atoms with E-state index in [0.29, 0.717) is 16.6 Å². The largest absolute Gasteiger partial charge is 0.379 e. The van der Waals surface area contributed by atoms with Gasteiger partial charge in [0.25, 0.3) is 0 Å². The second kappa shape index (κ2) is 8.15. The molecule has 4 bridgehead atoms. The van der Waals surface area contributed by atoms with Crippen molar-refractivity contribution in [2.75, 3.05) is 32.8 Å². The van der Waals surface area contributed by atoms with Gasteiger partial charge in [0.05, 0.1) is 13.2 Å². The number of ether oxygens (including phenoxy) is 1. The molecule has 1 heterocycles. The summed E-state index contributed by atoms with van der Waals surface area (Å²) in [6.07, 6.45) is 12.1. The summed E-state index contributed by atoms with van der Waals surface area (Å²) >= 11 is 0. The summed E-state index contributed by atoms with van der Waals surface area (Å²) < 4.78 is 5.41. The Bertz CT molecular complexity index is 695. The number of carbonyl (C=O) groups excluding carboxylic acids is 1. The molecule has 6 rings (SSSR count). The molecule has 0 N–H and O–H groups in total. The first kappa shape index (κ1) is 19.8. The normalized spacial score (nSPS) is 36.4. The standard InChI is InChI=1S/C26H37NO2/c28-24(7-4-10-27-11-13-29-14-12-27)8-9-25-16-21-15-22(17-25)19-26(18-21,20-25)23-5-2-1-3-6-23/h1-3,5-6,21-22H,4,7-20H2. The summed E-state index contributed by atoms with van der Waals surface area (Å²) in [5, 5.41) is 0. The second-order valence-corrected chi connectivity index (χ2v) is 10.7. The van der Waals surface area contributed by atoms with Gasteiger partial charge in [0.1, 0.15) is 5.78 Å². The van der Waals surface area contributed by atoms with Crippen LogP contribution in [0.15, 0.2) is 30.3 Å². The highest BCUT2D eigenvalue weighted by Gasteiger charge is 2.57. The molecule has 5 fully saturated rings. The molecule has 4 saturated carbocycles. The highest BCUT2D eigenvalue weighted by molar-refractivity contribution is 5.78. The Morgan fingerprint density at radius 3 is 2.45 bits per heavy atom. The van der Waals surface area contributed by atoms with Crippen LogP contribution in [0.2, 0.25) is 0 Å². The van der Waals surface area contributed by atoms with E-state index < -0.39 is 0 Å². The number of morpholine rings is 1. The smallest absolute Gasteiger partial charge is 0.132 e. The Kier molecular flexibility index (Phi) is 5.55. The molecule has 4 aliphatic carbocycles. The number of rotatable bonds is 8. The van der Waals surface area contributed by atoms with Crippen LogP contribution in [0.1, 0.15) is 69.8 Å². The number of benzene rings is 1. The van der Waals surface area contributed by atoms with Crippen LogP contribution in [0.5, 0.6) is 0 Å². The molecular formula is C26H37NO2. The minimum Gasteiger partial charge on any atom is -0.379 e. The first-order valence-corrected chi connectivity index (χ1v) is 12.0. The van der Waals surface area contributed by atoms with Crippen molar-refractivity contribution < 1.29 is 9.53 Å². The van der Waals surface area contributed by atoms with Gasteiger partial charge in [0, 0.05) is 25.9 Å². The van der Waals surface area contributed by atoms with E-state index in [1.165, 1.54) is 38.5 Å². The number of hydrogen-bond acceptors (Lipinski definition) is 3. The zero-order valence-corrected chi connectivity index (χ0v) is 17.9. The lowest BCUT2D eigenvalue weighted by molar-refractivity contribution is -0.122. The zero-order valence-electron chi connectivity index (χ0n) is 17.9. The fraction of sp³-hybridized carbons (Fsp3) is 0.731. The summed E-state index contributed by atoms with van der Waals surface area (Å²) in [5.41, 5.74) is 2.43. The number of carbonyl (C=O) groups is 1. The van der Waals surface area contributed by atoms with Crippen LogP contribution in [0.3, 0.4) is 0 Å². The molecule has 0 spiro atoms. The van der Waals surface area contributed by atoms with Crippen molar-refractivity contribution in [1.29, 1.82) is 0 Å². The van der Waals surface area contributed by atoms with Gasteiger partial charge < -0.3 is 4.74 Å². The van der Waals surface area contributed by atoms with E-state index >= 15 is 0 Å². The van der Waals surface area contributed by atoms with Gasteiger partial charge in [-0.3, -0.25) is 9.69 Å². The Labute approximate surface area is 176 Å². The average molecular weight is 396 g/mol. The molecule has 0 radical (unpaired) electrons. The Balaban J connectivity index is 1.17. The van der Waals surface area contributed by atoms with Gasteiger partial charge in [0.2, 0.25) is 0 Å². The predicted octanol–water partition coefficient (Wildman–Crippen LogP) is 4.99. The molecule has 29 heavy (non-hydrogen) atoms. The minimum atomic E-state index is 0.407. The molecule has 1 saturated heterocycles. The number of nitrogens with zero attached hydrogens (tertiary/aromatic N) is 1. The van der Waals surface area contributed by atoms with Crippen molar-refractivity contribution in [3.05, 3.63) is 35.9 Å². The molecular weight excluding hydrogens is 358 g/mol. The third kappa shape index (κ3) is 4.18. The third-order valence-corrected chi connectivity index (χ3v) is 8.54. The fourth-order valence-corrected chi connectivity index (χ4v) is 7.73. The van der Waals surface area contributed by atoms with Crippen molar-refractivity contribution in [2.45, 2.75) is 69.6 Å². The molecule has 0 amide bonds. The van der Waals surface area contributed by atoms with Crippen LogP contribution in [0.4, 0.5) is 0 Å². The van der Waals surface area contributed by atoms with E-state index in [2.05, 4.69) is 35.2 Å². The van der Waals surface area contributed by atoms with Gasteiger partial charge in [-0.25, -0.2) is 0 Å². The van der Waals surface area contributed by atoms with E-state index in [-0.39, 0.29) is 0 Å². The van der Waals surface area contributed by atoms with Gasteiger partial charge in [-0.1, -0.05) is 30.3 Å². The molecule has 1 aliphatic heterocycles. The van der Waals surface area contributed by atoms with Gasteiger partial charge in [-0.2, -0.15) is 0 Å². The quantitative estimate of drug-likeness (QED) is 0.621. The van der Waals surface area contributed by atoms with Crippen molar-refractivity contribution in [3.63, 3.8) is 0 Å². The van der Waals surface area contributed by atoms with Crippen LogP contribution >= 0.6 is 0 Å². The average Bonchev–Trinajstić information content (AvgIpc) is 2.73. The van der Waals surface area contributed by atoms with Crippen LogP contribution in [-0.4, -0.2) is 43.5 Å². The lowest BCUT2D eigenvalue weighted by atomic mass is 9.42. The molecule has 3 nitrogen and oxygen atoms in total. The summed E-state index contributed by atoms with van der Waals surface area (Å²) in [4.78, 5) is 15.1. The highest BCUT2D eigenvalue weighted by atomic mass is 16.5. The molecule has 2 unspecified atom stereocenters. The molecule has 2 atom stereocenters. The first-order valence-electron chi connectivity index (χ1n) is 12.0. The highest BCUT2D eigenvalue weighted by Crippen LogP contribution is 2.67. The van der Waals surface area contributed by atoms with Crippen molar-refractivity contribution >= 4 is 5.78 Å². The van der Waals surface area contributed by atoms with Gasteiger partial charge in [-0.05, 0) is 86.1 Å². The topological polar surface area (TPSA) is 29.5 Å². The first-order chi connectivity index (χ1) is 14.1. The number of hydrogen-bond donors (Lipinski definition) is 0. The molecule has 1 aromatic carbocycles. The lowest BCUT2D eigenvalue weighted by Crippen LogP contribution is -2.54. The fourth-order valence-electron chi connectivity index (χ4n) is 7.73. The molecule has 3 heteroatoms. The van der Waals surface area contributed by atoms with E-state index in [1.807, 2.05) is 0 Å². The van der Waals surface area contributed by atoms with Gasteiger partial charge in [0.15, 0.2) is 0 Å². The van der Waals surface area contributed by atoms with E-state index in [9.17, 15) is 4.79 Å².